The Hall–Kier alpha value is -3.33. The minimum absolute atomic E-state index is 0.0736. The van der Waals surface area contributed by atoms with Crippen molar-refractivity contribution in [2.24, 2.45) is 5.73 Å². The second-order valence-electron chi connectivity index (χ2n) is 9.33. The Balaban J connectivity index is 1.62. The molecule has 0 unspecified atom stereocenters. The molecular formula is C26H21ClFN5OS. The van der Waals surface area contributed by atoms with Crippen LogP contribution in [0.5, 0.6) is 0 Å². The zero-order valence-corrected chi connectivity index (χ0v) is 20.3. The van der Waals surface area contributed by atoms with E-state index in [0.29, 0.717) is 47.0 Å². The first-order chi connectivity index (χ1) is 17.0. The second-order valence-corrected chi connectivity index (χ2v) is 10.7. The number of thiophene rings is 1. The predicted molar refractivity (Wildman–Crippen MR) is 133 cm³/mol. The Morgan fingerprint density at radius 2 is 1.89 bits per heavy atom. The molecule has 35 heavy (non-hydrogen) atoms. The lowest BCUT2D eigenvalue weighted by molar-refractivity contribution is -0.116. The van der Waals surface area contributed by atoms with Crippen molar-refractivity contribution in [3.05, 3.63) is 68.4 Å². The van der Waals surface area contributed by atoms with Gasteiger partial charge in [-0.25, -0.2) is 4.39 Å². The van der Waals surface area contributed by atoms with Crippen LogP contribution in [0.25, 0.3) is 0 Å². The van der Waals surface area contributed by atoms with Gasteiger partial charge in [-0.3, -0.25) is 9.69 Å². The number of nitrogens with zero attached hydrogens (tertiary/aromatic N) is 4. The van der Waals surface area contributed by atoms with Gasteiger partial charge in [0, 0.05) is 46.9 Å². The zero-order chi connectivity index (χ0) is 24.4. The average Bonchev–Trinajstić information content (AvgIpc) is 3.26. The SMILES string of the molecule is N#CC1=C(N)N(c2sc3c(c2C#N)C2CCN3CC2)C2=C(C(=O)CCC2)[C@@H]1c1c(F)cccc1Cl. The van der Waals surface area contributed by atoms with Crippen molar-refractivity contribution in [1.82, 2.24) is 0 Å². The van der Waals surface area contributed by atoms with E-state index in [2.05, 4.69) is 17.0 Å². The van der Waals surface area contributed by atoms with Crippen LogP contribution in [0.4, 0.5) is 14.4 Å². The molecule has 5 aliphatic rings. The van der Waals surface area contributed by atoms with Gasteiger partial charge in [0.2, 0.25) is 0 Å². The van der Waals surface area contributed by atoms with E-state index in [-0.39, 0.29) is 27.8 Å². The van der Waals surface area contributed by atoms with Crippen LogP contribution in [0, 0.1) is 28.5 Å². The molecule has 2 bridgehead atoms. The van der Waals surface area contributed by atoms with Crippen LogP contribution < -0.4 is 15.5 Å². The minimum atomic E-state index is -0.979. The van der Waals surface area contributed by atoms with Crippen molar-refractivity contribution in [3.8, 4) is 12.1 Å². The molecular weight excluding hydrogens is 485 g/mol. The molecule has 2 aromatic rings. The summed E-state index contributed by atoms with van der Waals surface area (Å²) in [4.78, 5) is 17.4. The standard InChI is InChI=1S/C26H21ClFN5OS/c27-16-3-1-4-17(28)22(16)21-14(11-29)24(31)33(18-5-2-6-19(34)23(18)21)25-15(12-30)20-13-7-9-32(10-8-13)26(20)35-25/h1,3-4,13,21H,2,5-10,31H2/t21-/m0/s1. The number of rotatable bonds is 2. The fraction of sp³-hybridized carbons (Fsp3) is 0.346. The first kappa shape index (κ1) is 22.2. The molecule has 1 aromatic carbocycles. The Labute approximate surface area is 211 Å². The number of nitrogens with two attached hydrogens (primary N) is 1. The third-order valence-corrected chi connectivity index (χ3v) is 9.20. The first-order valence-corrected chi connectivity index (χ1v) is 12.9. The van der Waals surface area contributed by atoms with Crippen LogP contribution in [0.1, 0.15) is 60.6 Å². The van der Waals surface area contributed by atoms with Crippen LogP contribution in [-0.2, 0) is 4.79 Å². The molecule has 1 fully saturated rings. The van der Waals surface area contributed by atoms with Crippen LogP contribution in [0.3, 0.4) is 0 Å². The highest BCUT2D eigenvalue weighted by molar-refractivity contribution is 7.20. The number of Topliss-reactive ketones (excluding diaryl/α,β-unsaturated/α-hetero) is 1. The smallest absolute Gasteiger partial charge is 0.161 e. The van der Waals surface area contributed by atoms with E-state index in [1.807, 2.05) is 0 Å². The van der Waals surface area contributed by atoms with Crippen LogP contribution in [0.15, 0.2) is 40.9 Å². The maximum atomic E-state index is 15.1. The summed E-state index contributed by atoms with van der Waals surface area (Å²) >= 11 is 7.91. The number of hydrogen-bond donors (Lipinski definition) is 1. The molecule has 9 heteroatoms. The Bertz CT molecular complexity index is 1420. The molecule has 5 heterocycles. The third-order valence-electron chi connectivity index (χ3n) is 7.61. The van der Waals surface area contributed by atoms with E-state index < -0.39 is 11.7 Å². The molecule has 1 saturated heterocycles. The summed E-state index contributed by atoms with van der Waals surface area (Å²) < 4.78 is 15.1. The molecule has 0 amide bonds. The van der Waals surface area contributed by atoms with Crippen molar-refractivity contribution in [2.75, 3.05) is 22.9 Å². The Morgan fingerprint density at radius 1 is 1.11 bits per heavy atom. The van der Waals surface area contributed by atoms with Crippen molar-refractivity contribution in [1.29, 1.82) is 10.5 Å². The summed E-state index contributed by atoms with van der Waals surface area (Å²) in [6.07, 6.45) is 3.46. The van der Waals surface area contributed by atoms with Crippen molar-refractivity contribution in [2.45, 2.75) is 43.9 Å². The lowest BCUT2D eigenvalue weighted by atomic mass is 9.75. The molecule has 6 nitrogen and oxygen atoms in total. The highest BCUT2D eigenvalue weighted by Crippen LogP contribution is 2.56. The lowest BCUT2D eigenvalue weighted by Gasteiger charge is -2.39. The van der Waals surface area contributed by atoms with Gasteiger partial charge in [0.1, 0.15) is 22.7 Å². The number of benzene rings is 1. The van der Waals surface area contributed by atoms with Gasteiger partial charge in [0.25, 0.3) is 0 Å². The van der Waals surface area contributed by atoms with E-state index in [1.54, 1.807) is 11.0 Å². The third kappa shape index (κ3) is 3.07. The number of ketones is 1. The number of carbonyl (C=O) groups excluding carboxylic acids is 1. The largest absolute Gasteiger partial charge is 0.384 e. The normalized spacial score (nSPS) is 21.7. The minimum Gasteiger partial charge on any atom is -0.384 e. The van der Waals surface area contributed by atoms with Crippen molar-refractivity contribution in [3.63, 3.8) is 0 Å². The lowest BCUT2D eigenvalue weighted by Crippen LogP contribution is -2.39. The molecule has 176 valence electrons. The molecule has 0 spiro atoms. The molecule has 1 aromatic heterocycles. The van der Waals surface area contributed by atoms with Crippen molar-refractivity contribution >= 4 is 38.7 Å². The van der Waals surface area contributed by atoms with E-state index >= 15 is 4.39 Å². The van der Waals surface area contributed by atoms with Gasteiger partial charge in [-0.1, -0.05) is 29.0 Å². The number of halogens is 2. The van der Waals surface area contributed by atoms with Crippen LogP contribution >= 0.6 is 22.9 Å². The number of piperidine rings is 1. The van der Waals surface area contributed by atoms with Gasteiger partial charge in [0.15, 0.2) is 5.78 Å². The molecule has 1 atom stereocenters. The number of allylic oxidation sites excluding steroid dienone is 3. The van der Waals surface area contributed by atoms with E-state index in [9.17, 15) is 15.3 Å². The first-order valence-electron chi connectivity index (χ1n) is 11.7. The van der Waals surface area contributed by atoms with E-state index in [1.165, 1.54) is 23.5 Å². The Morgan fingerprint density at radius 3 is 2.57 bits per heavy atom. The summed E-state index contributed by atoms with van der Waals surface area (Å²) in [5, 5.41) is 22.3. The van der Waals surface area contributed by atoms with E-state index in [4.69, 9.17) is 17.3 Å². The fourth-order valence-electron chi connectivity index (χ4n) is 6.06. The maximum absolute atomic E-state index is 15.1. The number of carbonyl (C=O) groups is 1. The maximum Gasteiger partial charge on any atom is 0.161 e. The number of anilines is 2. The fourth-order valence-corrected chi connectivity index (χ4v) is 7.77. The topological polar surface area (TPSA) is 97.2 Å². The van der Waals surface area contributed by atoms with Crippen molar-refractivity contribution < 1.29 is 9.18 Å². The van der Waals surface area contributed by atoms with Gasteiger partial charge in [-0.05, 0) is 43.7 Å². The second kappa shape index (κ2) is 8.12. The molecule has 0 saturated carbocycles. The molecule has 1 aliphatic carbocycles. The molecule has 4 aliphatic heterocycles. The van der Waals surface area contributed by atoms with Gasteiger partial charge in [-0.15, -0.1) is 0 Å². The summed E-state index contributed by atoms with van der Waals surface area (Å²) in [5.74, 6) is -1.26. The molecule has 0 radical (unpaired) electrons. The number of nitriles is 2. The highest BCUT2D eigenvalue weighted by atomic mass is 35.5. The summed E-state index contributed by atoms with van der Waals surface area (Å²) in [6, 6.07) is 8.87. The Kier molecular flexibility index (Phi) is 5.14. The zero-order valence-electron chi connectivity index (χ0n) is 18.8. The molecule has 7 rings (SSSR count). The van der Waals surface area contributed by atoms with Crippen LogP contribution in [-0.4, -0.2) is 18.9 Å². The van der Waals surface area contributed by atoms with Crippen LogP contribution in [0.2, 0.25) is 5.02 Å². The molecule has 2 N–H and O–H groups in total. The summed E-state index contributed by atoms with van der Waals surface area (Å²) in [5.41, 5.74) is 9.44. The quantitative estimate of drug-likeness (QED) is 0.585. The number of hydrogen-bond acceptors (Lipinski definition) is 7. The van der Waals surface area contributed by atoms with Gasteiger partial charge < -0.3 is 10.6 Å². The predicted octanol–water partition coefficient (Wildman–Crippen LogP) is 5.41. The van der Waals surface area contributed by atoms with E-state index in [0.717, 1.165) is 36.5 Å². The van der Waals surface area contributed by atoms with Gasteiger partial charge >= 0.3 is 0 Å². The summed E-state index contributed by atoms with van der Waals surface area (Å²) in [7, 11) is 0. The van der Waals surface area contributed by atoms with Gasteiger partial charge in [0.05, 0.1) is 28.1 Å². The monoisotopic (exact) mass is 505 g/mol. The average molecular weight is 506 g/mol. The highest BCUT2D eigenvalue weighted by Gasteiger charge is 2.45. The summed E-state index contributed by atoms with van der Waals surface area (Å²) in [6.45, 7) is 1.91. The van der Waals surface area contributed by atoms with Gasteiger partial charge in [-0.2, -0.15) is 10.5 Å². The number of fused-ring (bicyclic) bond motifs is 2.